The molecule has 0 fully saturated rings. The van der Waals surface area contributed by atoms with Crippen LogP contribution in [-0.4, -0.2) is 20.6 Å². The fourth-order valence-corrected chi connectivity index (χ4v) is 2.20. The van der Waals surface area contributed by atoms with Crippen molar-refractivity contribution in [3.05, 3.63) is 29.6 Å². The Hall–Kier alpha value is -1.84. The van der Waals surface area contributed by atoms with Gasteiger partial charge in [-0.25, -0.2) is 4.98 Å². The molecular weight excluding hydrogens is 240 g/mol. The molecule has 0 saturated carbocycles. The van der Waals surface area contributed by atoms with Crippen molar-refractivity contribution in [2.24, 2.45) is 5.92 Å². The minimum atomic E-state index is -0.835. The molecule has 1 aromatic heterocycles. The highest BCUT2D eigenvalue weighted by atomic mass is 16.4. The number of carboxylic acids is 1. The predicted molar refractivity (Wildman–Crippen MR) is 75.3 cm³/mol. The second-order valence-electron chi connectivity index (χ2n) is 5.42. The monoisotopic (exact) mass is 260 g/mol. The molecular formula is C15H20N2O2. The Bertz CT molecular complexity index is 599. The van der Waals surface area contributed by atoms with Crippen molar-refractivity contribution in [3.8, 4) is 0 Å². The van der Waals surface area contributed by atoms with Gasteiger partial charge in [0.25, 0.3) is 0 Å². The average molecular weight is 260 g/mol. The lowest BCUT2D eigenvalue weighted by atomic mass is 10.1. The van der Waals surface area contributed by atoms with E-state index in [1.54, 1.807) is 0 Å². The van der Waals surface area contributed by atoms with Crippen LogP contribution in [0.4, 0.5) is 0 Å². The number of aromatic nitrogens is 2. The molecule has 2 aromatic rings. The number of nitrogens with zero attached hydrogens (tertiary/aromatic N) is 2. The number of carboxylic acid groups (broad SMARTS) is 1. The second-order valence-corrected chi connectivity index (χ2v) is 5.42. The molecule has 1 heterocycles. The Morgan fingerprint density at radius 1 is 1.42 bits per heavy atom. The summed E-state index contributed by atoms with van der Waals surface area (Å²) in [6.45, 7) is 7.17. The van der Waals surface area contributed by atoms with Crippen LogP contribution in [0.25, 0.3) is 11.0 Å². The van der Waals surface area contributed by atoms with Gasteiger partial charge in [-0.3, -0.25) is 4.79 Å². The fourth-order valence-electron chi connectivity index (χ4n) is 2.20. The number of rotatable bonds is 5. The van der Waals surface area contributed by atoms with E-state index in [4.69, 9.17) is 5.11 Å². The number of aryl methyl sites for hydroxylation is 2. The van der Waals surface area contributed by atoms with Crippen LogP contribution in [0.15, 0.2) is 18.2 Å². The van der Waals surface area contributed by atoms with Gasteiger partial charge in [-0.05, 0) is 37.0 Å². The molecule has 102 valence electrons. The minimum Gasteiger partial charge on any atom is -0.481 e. The van der Waals surface area contributed by atoms with Crippen molar-refractivity contribution in [3.63, 3.8) is 0 Å². The summed E-state index contributed by atoms with van der Waals surface area (Å²) in [4.78, 5) is 15.4. The molecule has 0 spiro atoms. The second kappa shape index (κ2) is 5.43. The summed E-state index contributed by atoms with van der Waals surface area (Å²) in [5.41, 5.74) is 3.06. The van der Waals surface area contributed by atoms with Crippen LogP contribution in [0.2, 0.25) is 0 Å². The lowest BCUT2D eigenvalue weighted by Crippen LogP contribution is -2.10. The van der Waals surface area contributed by atoms with Crippen LogP contribution in [0.5, 0.6) is 0 Å². The summed E-state index contributed by atoms with van der Waals surface area (Å²) in [7, 11) is 0. The van der Waals surface area contributed by atoms with Gasteiger partial charge in [-0.2, -0.15) is 0 Å². The zero-order chi connectivity index (χ0) is 14.0. The molecule has 1 aromatic carbocycles. The van der Waals surface area contributed by atoms with Crippen LogP contribution in [-0.2, 0) is 17.8 Å². The molecule has 0 bridgehead atoms. The molecule has 0 saturated heterocycles. The van der Waals surface area contributed by atoms with Crippen LogP contribution in [0, 0.1) is 12.8 Å². The summed E-state index contributed by atoms with van der Waals surface area (Å²) in [6.07, 6.45) is 0.998. The Morgan fingerprint density at radius 3 is 2.79 bits per heavy atom. The normalized spacial score (nSPS) is 11.4. The van der Waals surface area contributed by atoms with Crippen molar-refractivity contribution < 1.29 is 9.90 Å². The topological polar surface area (TPSA) is 55.1 Å². The Kier molecular flexibility index (Phi) is 3.88. The first kappa shape index (κ1) is 13.6. The first-order valence-electron chi connectivity index (χ1n) is 6.65. The zero-order valence-corrected chi connectivity index (χ0v) is 11.7. The van der Waals surface area contributed by atoms with E-state index in [1.165, 1.54) is 0 Å². The number of aliphatic carboxylic acids is 1. The lowest BCUT2D eigenvalue weighted by molar-refractivity contribution is -0.136. The maximum atomic E-state index is 10.9. The Morgan fingerprint density at radius 2 is 2.16 bits per heavy atom. The number of imidazole rings is 1. The third-order valence-electron chi connectivity index (χ3n) is 3.22. The van der Waals surface area contributed by atoms with E-state index in [0.717, 1.165) is 29.6 Å². The van der Waals surface area contributed by atoms with Crippen molar-refractivity contribution in [2.75, 3.05) is 0 Å². The van der Waals surface area contributed by atoms with Crippen molar-refractivity contribution in [1.29, 1.82) is 0 Å². The summed E-state index contributed by atoms with van der Waals surface area (Å²) >= 11 is 0. The van der Waals surface area contributed by atoms with E-state index in [-0.39, 0.29) is 6.42 Å². The molecule has 19 heavy (non-hydrogen) atoms. The lowest BCUT2D eigenvalue weighted by Gasteiger charge is -2.10. The molecule has 0 aliphatic carbocycles. The van der Waals surface area contributed by atoms with E-state index in [0.29, 0.717) is 11.7 Å². The van der Waals surface area contributed by atoms with Crippen LogP contribution < -0.4 is 0 Å². The highest BCUT2D eigenvalue weighted by molar-refractivity contribution is 5.78. The van der Waals surface area contributed by atoms with E-state index < -0.39 is 5.97 Å². The average Bonchev–Trinajstić information content (AvgIpc) is 2.61. The maximum Gasteiger partial charge on any atom is 0.311 e. The summed E-state index contributed by atoms with van der Waals surface area (Å²) in [6, 6.07) is 6.08. The summed E-state index contributed by atoms with van der Waals surface area (Å²) in [5, 5.41) is 9.00. The summed E-state index contributed by atoms with van der Waals surface area (Å²) < 4.78 is 2.04. The van der Waals surface area contributed by atoms with E-state index in [9.17, 15) is 4.79 Å². The number of carbonyl (C=O) groups is 1. The van der Waals surface area contributed by atoms with Gasteiger partial charge >= 0.3 is 5.97 Å². The Balaban J connectivity index is 2.45. The first-order chi connectivity index (χ1) is 8.97. The smallest absolute Gasteiger partial charge is 0.311 e. The molecule has 0 atom stereocenters. The highest BCUT2D eigenvalue weighted by Gasteiger charge is 2.13. The van der Waals surface area contributed by atoms with Gasteiger partial charge in [0.05, 0.1) is 11.0 Å². The molecule has 0 unspecified atom stereocenters. The highest BCUT2D eigenvalue weighted by Crippen LogP contribution is 2.19. The maximum absolute atomic E-state index is 10.9. The predicted octanol–water partition coefficient (Wildman–Crippen LogP) is 3.02. The number of fused-ring (bicyclic) bond motifs is 1. The van der Waals surface area contributed by atoms with Gasteiger partial charge < -0.3 is 9.67 Å². The molecule has 0 radical (unpaired) electrons. The summed E-state index contributed by atoms with van der Waals surface area (Å²) in [5.74, 6) is 0.396. The molecule has 2 rings (SSSR count). The standard InChI is InChI=1S/C15H20N2O2/c1-10(2)6-7-17-13-5-4-11(3)8-12(13)16-14(17)9-15(18)19/h4-5,8,10H,6-7,9H2,1-3H3,(H,18,19). The van der Waals surface area contributed by atoms with Crippen LogP contribution in [0.3, 0.4) is 0 Å². The molecule has 0 amide bonds. The molecule has 1 N–H and O–H groups in total. The van der Waals surface area contributed by atoms with Gasteiger partial charge in [-0.15, -0.1) is 0 Å². The quantitative estimate of drug-likeness (QED) is 0.899. The van der Waals surface area contributed by atoms with Crippen LogP contribution in [0.1, 0.15) is 31.7 Å². The van der Waals surface area contributed by atoms with Gasteiger partial charge in [-0.1, -0.05) is 19.9 Å². The fraction of sp³-hybridized carbons (Fsp3) is 0.467. The molecule has 4 heteroatoms. The van der Waals surface area contributed by atoms with Crippen molar-refractivity contribution in [2.45, 2.75) is 40.2 Å². The van der Waals surface area contributed by atoms with E-state index >= 15 is 0 Å². The zero-order valence-electron chi connectivity index (χ0n) is 11.7. The SMILES string of the molecule is Cc1ccc2c(c1)nc(CC(=O)O)n2CCC(C)C. The van der Waals surface area contributed by atoms with E-state index in [2.05, 4.69) is 18.8 Å². The van der Waals surface area contributed by atoms with Gasteiger partial charge in [0.15, 0.2) is 0 Å². The minimum absolute atomic E-state index is 0.0220. The van der Waals surface area contributed by atoms with Crippen molar-refractivity contribution >= 4 is 17.0 Å². The molecule has 0 aliphatic heterocycles. The van der Waals surface area contributed by atoms with E-state index in [1.807, 2.05) is 29.7 Å². The van der Waals surface area contributed by atoms with Crippen LogP contribution >= 0.6 is 0 Å². The van der Waals surface area contributed by atoms with Crippen molar-refractivity contribution in [1.82, 2.24) is 9.55 Å². The number of benzene rings is 1. The largest absolute Gasteiger partial charge is 0.481 e. The third-order valence-corrected chi connectivity index (χ3v) is 3.22. The van der Waals surface area contributed by atoms with Gasteiger partial charge in [0.1, 0.15) is 12.2 Å². The van der Waals surface area contributed by atoms with Gasteiger partial charge in [0, 0.05) is 6.54 Å². The molecule has 4 nitrogen and oxygen atoms in total. The van der Waals surface area contributed by atoms with Gasteiger partial charge in [0.2, 0.25) is 0 Å². The first-order valence-corrected chi connectivity index (χ1v) is 6.65. The number of hydrogen-bond donors (Lipinski definition) is 1. The third kappa shape index (κ3) is 3.13. The number of hydrogen-bond acceptors (Lipinski definition) is 2. The Labute approximate surface area is 113 Å². The molecule has 0 aliphatic rings.